The number of rotatable bonds is 6. The maximum atomic E-state index is 12.3. The second-order valence-corrected chi connectivity index (χ2v) is 5.67. The van der Waals surface area contributed by atoms with Gasteiger partial charge in [-0.15, -0.1) is 0 Å². The van der Waals surface area contributed by atoms with Crippen LogP contribution in [0.4, 0.5) is 0 Å². The first kappa shape index (κ1) is 16.3. The van der Waals surface area contributed by atoms with Crippen LogP contribution in [0.25, 0.3) is 0 Å². The summed E-state index contributed by atoms with van der Waals surface area (Å²) in [5.74, 6) is 0.171. The molecule has 0 bridgehead atoms. The fourth-order valence-corrected chi connectivity index (χ4v) is 2.30. The molecule has 1 amide bonds. The number of phenols is 1. The molecule has 0 radical (unpaired) electrons. The van der Waals surface area contributed by atoms with Crippen LogP contribution in [-0.2, 0) is 0 Å². The van der Waals surface area contributed by atoms with Crippen LogP contribution >= 0.6 is 0 Å². The molecule has 1 aromatic carbocycles. The molecule has 1 unspecified atom stereocenters. The number of benzene rings is 1. The molecule has 0 saturated heterocycles. The van der Waals surface area contributed by atoms with E-state index in [1.165, 1.54) is 7.11 Å². The molecule has 1 aromatic rings. The lowest BCUT2D eigenvalue weighted by atomic mass is 9.90. The molecule has 0 fully saturated rings. The Morgan fingerprint density at radius 2 is 2.15 bits per heavy atom. The van der Waals surface area contributed by atoms with E-state index in [-0.39, 0.29) is 23.0 Å². The molecule has 1 atom stereocenters. The highest BCUT2D eigenvalue weighted by molar-refractivity contribution is 5.98. The number of hydrogen-bond donors (Lipinski definition) is 3. The van der Waals surface area contributed by atoms with Crippen LogP contribution in [0, 0.1) is 5.92 Å². The normalized spacial score (nSPS) is 13.9. The van der Waals surface area contributed by atoms with Crippen LogP contribution in [0.15, 0.2) is 18.2 Å². The summed E-state index contributed by atoms with van der Waals surface area (Å²) in [6, 6.07) is 4.82. The van der Waals surface area contributed by atoms with Crippen LogP contribution in [0.2, 0.25) is 0 Å². The average molecular weight is 280 g/mol. The number of nitrogens with two attached hydrogens (primary N) is 1. The zero-order chi connectivity index (χ0) is 15.3. The molecule has 0 saturated carbocycles. The summed E-state index contributed by atoms with van der Waals surface area (Å²) in [5.41, 5.74) is 5.46. The fraction of sp³-hybridized carbons (Fsp3) is 0.533. The van der Waals surface area contributed by atoms with Gasteiger partial charge in [0.05, 0.1) is 12.7 Å². The number of hydrogen-bond acceptors (Lipinski definition) is 4. The van der Waals surface area contributed by atoms with Crippen molar-refractivity contribution in [2.24, 2.45) is 11.7 Å². The third kappa shape index (κ3) is 3.87. The molecular formula is C15H24N2O3. The van der Waals surface area contributed by atoms with Crippen LogP contribution < -0.4 is 15.8 Å². The fourth-order valence-electron chi connectivity index (χ4n) is 2.30. The zero-order valence-corrected chi connectivity index (χ0v) is 12.6. The monoisotopic (exact) mass is 280 g/mol. The van der Waals surface area contributed by atoms with Crippen molar-refractivity contribution in [2.75, 3.05) is 13.7 Å². The smallest absolute Gasteiger partial charge is 0.255 e. The Labute approximate surface area is 120 Å². The van der Waals surface area contributed by atoms with Crippen molar-refractivity contribution in [3.63, 3.8) is 0 Å². The maximum Gasteiger partial charge on any atom is 0.255 e. The van der Waals surface area contributed by atoms with Gasteiger partial charge in [-0.1, -0.05) is 19.9 Å². The molecule has 0 aromatic heterocycles. The van der Waals surface area contributed by atoms with E-state index in [0.717, 1.165) is 6.42 Å². The average Bonchev–Trinajstić information content (AvgIpc) is 2.37. The minimum absolute atomic E-state index is 0.156. The van der Waals surface area contributed by atoms with Crippen molar-refractivity contribution < 1.29 is 14.6 Å². The van der Waals surface area contributed by atoms with Crippen molar-refractivity contribution >= 4 is 5.91 Å². The Balaban J connectivity index is 2.95. The number of nitrogens with one attached hydrogen (secondary N) is 1. The molecule has 0 spiro atoms. The molecule has 112 valence electrons. The van der Waals surface area contributed by atoms with Crippen molar-refractivity contribution in [1.29, 1.82) is 0 Å². The first-order valence-corrected chi connectivity index (χ1v) is 6.71. The number of carbonyl (C=O) groups is 1. The van der Waals surface area contributed by atoms with E-state index in [1.54, 1.807) is 18.2 Å². The lowest BCUT2D eigenvalue weighted by molar-refractivity contribution is 0.0895. The van der Waals surface area contributed by atoms with Gasteiger partial charge in [0.15, 0.2) is 11.5 Å². The summed E-state index contributed by atoms with van der Waals surface area (Å²) >= 11 is 0. The van der Waals surface area contributed by atoms with Gasteiger partial charge in [0, 0.05) is 12.1 Å². The molecule has 0 aliphatic heterocycles. The van der Waals surface area contributed by atoms with E-state index in [4.69, 9.17) is 10.5 Å². The Morgan fingerprint density at radius 1 is 1.50 bits per heavy atom. The molecule has 5 nitrogen and oxygen atoms in total. The van der Waals surface area contributed by atoms with Gasteiger partial charge in [0.25, 0.3) is 5.91 Å². The minimum atomic E-state index is -0.499. The first-order valence-electron chi connectivity index (χ1n) is 6.71. The Kier molecular flexibility index (Phi) is 5.39. The van der Waals surface area contributed by atoms with Gasteiger partial charge in [0.1, 0.15) is 0 Å². The molecule has 1 rings (SSSR count). The molecule has 4 N–H and O–H groups in total. The third-order valence-corrected chi connectivity index (χ3v) is 3.19. The van der Waals surface area contributed by atoms with E-state index >= 15 is 0 Å². The minimum Gasteiger partial charge on any atom is -0.504 e. The molecule has 0 aliphatic carbocycles. The summed E-state index contributed by atoms with van der Waals surface area (Å²) in [6.07, 6.45) is 0.764. The van der Waals surface area contributed by atoms with E-state index in [0.29, 0.717) is 12.5 Å². The van der Waals surface area contributed by atoms with Crippen LogP contribution in [0.3, 0.4) is 0 Å². The summed E-state index contributed by atoms with van der Waals surface area (Å²) in [6.45, 7) is 6.38. The Bertz CT molecular complexity index is 474. The highest BCUT2D eigenvalue weighted by atomic mass is 16.5. The lowest BCUT2D eigenvalue weighted by Crippen LogP contribution is -2.52. The van der Waals surface area contributed by atoms with Gasteiger partial charge < -0.3 is 20.9 Å². The molecule has 5 heteroatoms. The van der Waals surface area contributed by atoms with E-state index in [2.05, 4.69) is 19.2 Å². The molecule has 0 heterocycles. The predicted octanol–water partition coefficient (Wildman–Crippen LogP) is 1.89. The van der Waals surface area contributed by atoms with Gasteiger partial charge in [-0.3, -0.25) is 4.79 Å². The molecule has 0 aliphatic rings. The first-order chi connectivity index (χ1) is 9.33. The third-order valence-electron chi connectivity index (χ3n) is 3.19. The van der Waals surface area contributed by atoms with Gasteiger partial charge in [-0.05, 0) is 31.4 Å². The summed E-state index contributed by atoms with van der Waals surface area (Å²) < 4.78 is 5.00. The van der Waals surface area contributed by atoms with Gasteiger partial charge in [0.2, 0.25) is 0 Å². The van der Waals surface area contributed by atoms with Crippen molar-refractivity contribution in [2.45, 2.75) is 32.7 Å². The Morgan fingerprint density at radius 3 is 2.65 bits per heavy atom. The van der Waals surface area contributed by atoms with E-state index in [9.17, 15) is 9.90 Å². The van der Waals surface area contributed by atoms with Crippen molar-refractivity contribution in [3.05, 3.63) is 23.8 Å². The number of methoxy groups -OCH3 is 1. The number of ether oxygens (including phenoxy) is 1. The lowest BCUT2D eigenvalue weighted by Gasteiger charge is -2.31. The zero-order valence-electron chi connectivity index (χ0n) is 12.6. The van der Waals surface area contributed by atoms with Crippen molar-refractivity contribution in [1.82, 2.24) is 5.32 Å². The van der Waals surface area contributed by atoms with Gasteiger partial charge in [-0.2, -0.15) is 0 Å². The van der Waals surface area contributed by atoms with Crippen LogP contribution in [0.5, 0.6) is 11.5 Å². The number of carbonyl (C=O) groups excluding carboxylic acids is 1. The SMILES string of the molecule is COc1cccc(C(=O)NC(C)(CN)CC(C)C)c1O. The van der Waals surface area contributed by atoms with E-state index in [1.807, 2.05) is 6.92 Å². The van der Waals surface area contributed by atoms with E-state index < -0.39 is 5.54 Å². The second kappa shape index (κ2) is 6.61. The predicted molar refractivity (Wildman–Crippen MR) is 79.0 cm³/mol. The van der Waals surface area contributed by atoms with Gasteiger partial charge in [-0.25, -0.2) is 0 Å². The maximum absolute atomic E-state index is 12.3. The van der Waals surface area contributed by atoms with Crippen LogP contribution in [0.1, 0.15) is 37.6 Å². The highest BCUT2D eigenvalue weighted by Gasteiger charge is 2.27. The summed E-state index contributed by atoms with van der Waals surface area (Å²) in [7, 11) is 1.44. The number of aromatic hydroxyl groups is 1. The largest absolute Gasteiger partial charge is 0.504 e. The number of para-hydroxylation sites is 1. The summed E-state index contributed by atoms with van der Waals surface area (Å²) in [4.78, 5) is 12.3. The van der Waals surface area contributed by atoms with Crippen LogP contribution in [-0.4, -0.2) is 30.2 Å². The molecular weight excluding hydrogens is 256 g/mol. The van der Waals surface area contributed by atoms with Crippen molar-refractivity contribution in [3.8, 4) is 11.5 Å². The Hall–Kier alpha value is -1.75. The quantitative estimate of drug-likeness (QED) is 0.743. The highest BCUT2D eigenvalue weighted by Crippen LogP contribution is 2.29. The second-order valence-electron chi connectivity index (χ2n) is 5.67. The molecule has 20 heavy (non-hydrogen) atoms. The standard InChI is InChI=1S/C15H24N2O3/c1-10(2)8-15(3,9-16)17-14(19)11-6-5-7-12(20-4)13(11)18/h5-7,10,18H,8-9,16H2,1-4H3,(H,17,19). The number of phenolic OH excluding ortho intramolecular Hbond substituents is 1. The van der Waals surface area contributed by atoms with Gasteiger partial charge >= 0.3 is 0 Å². The topological polar surface area (TPSA) is 84.6 Å². The number of amides is 1. The summed E-state index contributed by atoms with van der Waals surface area (Å²) in [5, 5.41) is 12.9.